The van der Waals surface area contributed by atoms with Crippen molar-refractivity contribution in [1.29, 1.82) is 0 Å². The molecule has 0 aliphatic heterocycles. The molecule has 0 saturated heterocycles. The third kappa shape index (κ3) is 3.94. The van der Waals surface area contributed by atoms with Crippen LogP contribution >= 0.6 is 0 Å². The molecule has 0 aromatic rings. The molecule has 7 heteroatoms. The average molecular weight is 217 g/mol. The highest BCUT2D eigenvalue weighted by atomic mass is 16.4. The second kappa shape index (κ2) is 5.97. The van der Waals surface area contributed by atoms with Gasteiger partial charge in [0, 0.05) is 0 Å². The third-order valence-electron chi connectivity index (χ3n) is 1.87. The highest BCUT2D eigenvalue weighted by molar-refractivity contribution is 5.88. The van der Waals surface area contributed by atoms with E-state index in [-0.39, 0.29) is 13.0 Å². The molecule has 1 atom stereocenters. The van der Waals surface area contributed by atoms with Gasteiger partial charge in [0.05, 0.1) is 6.54 Å². The zero-order valence-corrected chi connectivity index (χ0v) is 8.47. The Hall–Kier alpha value is -1.63. The number of rotatable bonds is 6. The van der Waals surface area contributed by atoms with E-state index in [1.165, 1.54) is 0 Å². The van der Waals surface area contributed by atoms with Gasteiger partial charge in [-0.05, 0) is 6.42 Å². The molecule has 0 heterocycles. The topological polar surface area (TPSA) is 127 Å². The Morgan fingerprint density at radius 1 is 1.40 bits per heavy atom. The predicted octanol–water partition coefficient (Wildman–Crippen LogP) is -1.88. The standard InChI is InChI=1S/C8H15N3O4/c1-2-5(8(14)15)11(4-6(10)12)7(13)3-9/h5H,2-4,9H2,1H3,(H2,10,12)(H,14,15). The van der Waals surface area contributed by atoms with Crippen molar-refractivity contribution in [3.63, 3.8) is 0 Å². The van der Waals surface area contributed by atoms with Crippen molar-refractivity contribution >= 4 is 17.8 Å². The van der Waals surface area contributed by atoms with Gasteiger partial charge in [-0.2, -0.15) is 0 Å². The molecule has 1 unspecified atom stereocenters. The Labute approximate surface area is 87.0 Å². The number of carbonyl (C=O) groups is 3. The summed E-state index contributed by atoms with van der Waals surface area (Å²) in [6.45, 7) is 0.814. The lowest BCUT2D eigenvalue weighted by atomic mass is 10.2. The van der Waals surface area contributed by atoms with E-state index < -0.39 is 30.4 Å². The first-order valence-electron chi connectivity index (χ1n) is 4.44. The predicted molar refractivity (Wildman–Crippen MR) is 51.7 cm³/mol. The molecule has 5 N–H and O–H groups in total. The van der Waals surface area contributed by atoms with E-state index in [9.17, 15) is 14.4 Å². The molecule has 7 nitrogen and oxygen atoms in total. The number of carbonyl (C=O) groups excluding carboxylic acids is 2. The number of carboxylic acids is 1. The van der Waals surface area contributed by atoms with Crippen LogP contribution in [0.25, 0.3) is 0 Å². The summed E-state index contributed by atoms with van der Waals surface area (Å²) in [7, 11) is 0. The van der Waals surface area contributed by atoms with Crippen LogP contribution in [0.15, 0.2) is 0 Å². The summed E-state index contributed by atoms with van der Waals surface area (Å²) in [4.78, 5) is 33.6. The Balaban J connectivity index is 4.80. The number of primary amides is 1. The van der Waals surface area contributed by atoms with Crippen LogP contribution in [0, 0.1) is 0 Å². The van der Waals surface area contributed by atoms with Crippen LogP contribution < -0.4 is 11.5 Å². The Kier molecular flexibility index (Phi) is 5.32. The van der Waals surface area contributed by atoms with Crippen LogP contribution in [-0.2, 0) is 14.4 Å². The molecule has 0 fully saturated rings. The molecular weight excluding hydrogens is 202 g/mol. The molecule has 2 amide bonds. The molecule has 86 valence electrons. The van der Waals surface area contributed by atoms with E-state index in [1.807, 2.05) is 0 Å². The second-order valence-corrected chi connectivity index (χ2v) is 2.95. The van der Waals surface area contributed by atoms with Gasteiger partial charge in [-0.15, -0.1) is 0 Å². The SMILES string of the molecule is CCC(C(=O)O)N(CC(N)=O)C(=O)CN. The first kappa shape index (κ1) is 13.4. The van der Waals surface area contributed by atoms with Crippen molar-refractivity contribution < 1.29 is 19.5 Å². The molecule has 15 heavy (non-hydrogen) atoms. The fourth-order valence-corrected chi connectivity index (χ4v) is 1.19. The minimum absolute atomic E-state index is 0.189. The third-order valence-corrected chi connectivity index (χ3v) is 1.87. The number of nitrogens with zero attached hydrogens (tertiary/aromatic N) is 1. The van der Waals surface area contributed by atoms with Gasteiger partial charge >= 0.3 is 5.97 Å². The highest BCUT2D eigenvalue weighted by Gasteiger charge is 2.28. The van der Waals surface area contributed by atoms with Gasteiger partial charge in [-0.3, -0.25) is 9.59 Å². The number of carboxylic acid groups (broad SMARTS) is 1. The van der Waals surface area contributed by atoms with Gasteiger partial charge < -0.3 is 21.5 Å². The lowest BCUT2D eigenvalue weighted by molar-refractivity contribution is -0.150. The maximum Gasteiger partial charge on any atom is 0.326 e. The first-order chi connectivity index (χ1) is 6.93. The average Bonchev–Trinajstić information content (AvgIpc) is 2.15. The Bertz CT molecular complexity index is 267. The minimum Gasteiger partial charge on any atom is -0.480 e. The zero-order valence-electron chi connectivity index (χ0n) is 8.47. The smallest absolute Gasteiger partial charge is 0.326 e. The molecule has 0 aromatic carbocycles. The van der Waals surface area contributed by atoms with Gasteiger partial charge in [-0.25, -0.2) is 4.79 Å². The van der Waals surface area contributed by atoms with Crippen molar-refractivity contribution in [2.24, 2.45) is 11.5 Å². The van der Waals surface area contributed by atoms with Crippen molar-refractivity contribution in [3.05, 3.63) is 0 Å². The summed E-state index contributed by atoms with van der Waals surface area (Å²) in [6.07, 6.45) is 0.189. The summed E-state index contributed by atoms with van der Waals surface area (Å²) < 4.78 is 0. The molecule has 0 aliphatic carbocycles. The summed E-state index contributed by atoms with van der Waals surface area (Å²) in [6, 6.07) is -1.06. The monoisotopic (exact) mass is 217 g/mol. The van der Waals surface area contributed by atoms with Crippen molar-refractivity contribution in [1.82, 2.24) is 4.90 Å². The van der Waals surface area contributed by atoms with Crippen LogP contribution in [-0.4, -0.2) is 46.9 Å². The quantitative estimate of drug-likeness (QED) is 0.480. The van der Waals surface area contributed by atoms with Gasteiger partial charge in [0.2, 0.25) is 11.8 Å². The highest BCUT2D eigenvalue weighted by Crippen LogP contribution is 2.04. The number of nitrogens with two attached hydrogens (primary N) is 2. The molecule has 0 aromatic heterocycles. The van der Waals surface area contributed by atoms with Gasteiger partial charge in [0.25, 0.3) is 0 Å². The van der Waals surface area contributed by atoms with Crippen molar-refractivity contribution in [2.75, 3.05) is 13.1 Å². The molecule has 0 rings (SSSR count). The van der Waals surface area contributed by atoms with Crippen LogP contribution in [0.3, 0.4) is 0 Å². The number of hydrogen-bond acceptors (Lipinski definition) is 4. The Morgan fingerprint density at radius 3 is 2.20 bits per heavy atom. The van der Waals surface area contributed by atoms with Crippen molar-refractivity contribution in [3.8, 4) is 0 Å². The first-order valence-corrected chi connectivity index (χ1v) is 4.44. The molecular formula is C8H15N3O4. The molecule has 0 saturated carbocycles. The molecule has 0 spiro atoms. The van der Waals surface area contributed by atoms with E-state index in [1.54, 1.807) is 6.92 Å². The van der Waals surface area contributed by atoms with Gasteiger partial charge in [0.15, 0.2) is 0 Å². The van der Waals surface area contributed by atoms with Crippen LogP contribution in [0.5, 0.6) is 0 Å². The van der Waals surface area contributed by atoms with Gasteiger partial charge in [0.1, 0.15) is 12.6 Å². The molecule has 0 radical (unpaired) electrons. The van der Waals surface area contributed by atoms with E-state index >= 15 is 0 Å². The van der Waals surface area contributed by atoms with E-state index in [0.717, 1.165) is 4.90 Å². The molecule has 0 aliphatic rings. The largest absolute Gasteiger partial charge is 0.480 e. The number of aliphatic carboxylic acids is 1. The fourth-order valence-electron chi connectivity index (χ4n) is 1.19. The maximum absolute atomic E-state index is 11.3. The Morgan fingerprint density at radius 2 is 1.93 bits per heavy atom. The summed E-state index contributed by atoms with van der Waals surface area (Å²) >= 11 is 0. The minimum atomic E-state index is -1.18. The van der Waals surface area contributed by atoms with Crippen LogP contribution in [0.2, 0.25) is 0 Å². The number of amides is 2. The molecule has 0 bridgehead atoms. The lowest BCUT2D eigenvalue weighted by Gasteiger charge is -2.26. The van der Waals surface area contributed by atoms with Gasteiger partial charge in [-0.1, -0.05) is 6.92 Å². The fraction of sp³-hybridized carbons (Fsp3) is 0.625. The normalized spacial score (nSPS) is 11.9. The van der Waals surface area contributed by atoms with Crippen LogP contribution in [0.1, 0.15) is 13.3 Å². The lowest BCUT2D eigenvalue weighted by Crippen LogP contribution is -2.50. The number of hydrogen-bond donors (Lipinski definition) is 3. The van der Waals surface area contributed by atoms with E-state index in [0.29, 0.717) is 0 Å². The maximum atomic E-state index is 11.3. The van der Waals surface area contributed by atoms with E-state index in [2.05, 4.69) is 0 Å². The zero-order chi connectivity index (χ0) is 12.0. The summed E-state index contributed by atoms with van der Waals surface area (Å²) in [5, 5.41) is 8.81. The van der Waals surface area contributed by atoms with E-state index in [4.69, 9.17) is 16.6 Å². The summed E-state index contributed by atoms with van der Waals surface area (Å²) in [5.41, 5.74) is 10.0. The van der Waals surface area contributed by atoms with Crippen molar-refractivity contribution in [2.45, 2.75) is 19.4 Å². The second-order valence-electron chi connectivity index (χ2n) is 2.95. The van der Waals surface area contributed by atoms with Crippen LogP contribution in [0.4, 0.5) is 0 Å². The summed E-state index contributed by atoms with van der Waals surface area (Å²) in [5.74, 6) is -2.56.